The van der Waals surface area contributed by atoms with Crippen molar-refractivity contribution in [2.75, 3.05) is 5.32 Å². The molecular weight excluding hydrogens is 328 g/mol. The number of carbonyl (C=O) groups excluding carboxylic acids is 1. The van der Waals surface area contributed by atoms with Gasteiger partial charge in [0.2, 0.25) is 5.91 Å². The summed E-state index contributed by atoms with van der Waals surface area (Å²) in [5.41, 5.74) is 2.94. The number of pyridine rings is 1. The van der Waals surface area contributed by atoms with Crippen molar-refractivity contribution >= 4 is 23.5 Å². The molecule has 0 radical (unpaired) electrons. The number of hydrogen-bond acceptors (Lipinski definition) is 3. The second-order valence-corrected chi connectivity index (χ2v) is 7.06. The summed E-state index contributed by atoms with van der Waals surface area (Å²) >= 11 is 1.54. The van der Waals surface area contributed by atoms with E-state index < -0.39 is 0 Å². The molecule has 0 spiro atoms. The van der Waals surface area contributed by atoms with E-state index in [4.69, 9.17) is 0 Å². The van der Waals surface area contributed by atoms with Crippen LogP contribution in [0.2, 0.25) is 0 Å². The molecule has 1 atom stereocenters. The second-order valence-electron chi connectivity index (χ2n) is 5.88. The Bertz CT molecular complexity index is 830. The number of thioether (sulfide) groups is 1. The molecule has 1 heterocycles. The molecule has 2 aromatic carbocycles. The number of rotatable bonds is 5. The quantitative estimate of drug-likeness (QED) is 0.647. The third kappa shape index (κ3) is 4.70. The Morgan fingerprint density at radius 1 is 0.960 bits per heavy atom. The summed E-state index contributed by atoms with van der Waals surface area (Å²) in [7, 11) is 0. The molecule has 0 bridgehead atoms. The van der Waals surface area contributed by atoms with E-state index in [1.54, 1.807) is 0 Å². The van der Waals surface area contributed by atoms with Crippen LogP contribution in [-0.2, 0) is 4.79 Å². The van der Waals surface area contributed by atoms with Gasteiger partial charge in [-0.1, -0.05) is 48.5 Å². The first-order valence-corrected chi connectivity index (χ1v) is 9.02. The van der Waals surface area contributed by atoms with Crippen molar-refractivity contribution < 1.29 is 4.79 Å². The number of benzene rings is 2. The van der Waals surface area contributed by atoms with Gasteiger partial charge in [0.15, 0.2) is 0 Å². The van der Waals surface area contributed by atoms with Crippen LogP contribution < -0.4 is 5.32 Å². The molecule has 0 aliphatic heterocycles. The van der Waals surface area contributed by atoms with E-state index in [2.05, 4.69) is 10.3 Å². The molecule has 4 heteroatoms. The minimum Gasteiger partial charge on any atom is -0.309 e. The fourth-order valence-corrected chi connectivity index (χ4v) is 3.68. The smallest absolute Gasteiger partial charge is 0.243 e. The molecule has 0 saturated heterocycles. The third-order valence-corrected chi connectivity index (χ3v) is 4.95. The van der Waals surface area contributed by atoms with Crippen molar-refractivity contribution in [1.82, 2.24) is 4.98 Å². The SMILES string of the molecule is Cc1cc(C)nc(NC(=O)C(Sc2ccccc2)c2ccccc2)c1. The Hall–Kier alpha value is -2.59. The van der Waals surface area contributed by atoms with Crippen LogP contribution in [0.15, 0.2) is 77.7 Å². The van der Waals surface area contributed by atoms with Gasteiger partial charge in [-0.15, -0.1) is 11.8 Å². The zero-order chi connectivity index (χ0) is 17.6. The maximum Gasteiger partial charge on any atom is 0.243 e. The van der Waals surface area contributed by atoms with Gasteiger partial charge < -0.3 is 5.32 Å². The first kappa shape index (κ1) is 17.2. The Morgan fingerprint density at radius 2 is 1.60 bits per heavy atom. The van der Waals surface area contributed by atoms with Crippen molar-refractivity contribution in [2.45, 2.75) is 24.0 Å². The molecule has 0 saturated carbocycles. The number of amides is 1. The first-order chi connectivity index (χ1) is 12.1. The summed E-state index contributed by atoms with van der Waals surface area (Å²) in [5, 5.41) is 2.63. The number of carbonyl (C=O) groups is 1. The third-order valence-electron chi connectivity index (χ3n) is 3.69. The number of hydrogen-bond donors (Lipinski definition) is 1. The van der Waals surface area contributed by atoms with Gasteiger partial charge in [0.05, 0.1) is 0 Å². The lowest BCUT2D eigenvalue weighted by Gasteiger charge is -2.17. The minimum atomic E-state index is -0.341. The fraction of sp³-hybridized carbons (Fsp3) is 0.143. The summed E-state index contributed by atoms with van der Waals surface area (Å²) in [6.07, 6.45) is 0. The lowest BCUT2D eigenvalue weighted by Crippen LogP contribution is -2.20. The molecule has 25 heavy (non-hydrogen) atoms. The van der Waals surface area contributed by atoms with Crippen molar-refractivity contribution in [3.63, 3.8) is 0 Å². The van der Waals surface area contributed by atoms with Crippen LogP contribution in [0.5, 0.6) is 0 Å². The monoisotopic (exact) mass is 348 g/mol. The summed E-state index contributed by atoms with van der Waals surface area (Å²) in [6.45, 7) is 3.92. The molecule has 0 aliphatic carbocycles. The molecule has 3 rings (SSSR count). The Balaban J connectivity index is 1.86. The maximum atomic E-state index is 13.0. The van der Waals surface area contributed by atoms with Gasteiger partial charge in [0, 0.05) is 10.6 Å². The molecule has 3 aromatic rings. The topological polar surface area (TPSA) is 42.0 Å². The molecule has 3 nitrogen and oxygen atoms in total. The number of aryl methyl sites for hydroxylation is 2. The average molecular weight is 348 g/mol. The maximum absolute atomic E-state index is 13.0. The van der Waals surface area contributed by atoms with E-state index >= 15 is 0 Å². The second kappa shape index (κ2) is 7.99. The van der Waals surface area contributed by atoms with Gasteiger partial charge in [-0.05, 0) is 49.2 Å². The number of nitrogens with zero attached hydrogens (tertiary/aromatic N) is 1. The molecule has 0 aliphatic rings. The number of aromatic nitrogens is 1. The zero-order valence-corrected chi connectivity index (χ0v) is 15.1. The van der Waals surface area contributed by atoms with E-state index in [1.165, 1.54) is 11.8 Å². The van der Waals surface area contributed by atoms with Crippen LogP contribution in [0.1, 0.15) is 22.1 Å². The highest BCUT2D eigenvalue weighted by Crippen LogP contribution is 2.36. The molecule has 1 N–H and O–H groups in total. The lowest BCUT2D eigenvalue weighted by molar-refractivity contribution is -0.115. The van der Waals surface area contributed by atoms with Crippen LogP contribution >= 0.6 is 11.8 Å². The fourth-order valence-electron chi connectivity index (χ4n) is 2.63. The molecule has 126 valence electrons. The van der Waals surface area contributed by atoms with Crippen molar-refractivity contribution in [3.05, 3.63) is 89.6 Å². The van der Waals surface area contributed by atoms with Gasteiger partial charge in [0.1, 0.15) is 11.1 Å². The zero-order valence-electron chi connectivity index (χ0n) is 14.3. The molecule has 0 fully saturated rings. The number of anilines is 1. The molecule has 1 unspecified atom stereocenters. The van der Waals surface area contributed by atoms with Crippen molar-refractivity contribution in [3.8, 4) is 0 Å². The highest BCUT2D eigenvalue weighted by atomic mass is 32.2. The van der Waals surface area contributed by atoms with Crippen LogP contribution in [0.3, 0.4) is 0 Å². The van der Waals surface area contributed by atoms with Crippen LogP contribution in [0, 0.1) is 13.8 Å². The number of nitrogens with one attached hydrogen (secondary N) is 1. The molecular formula is C21H20N2OS. The summed E-state index contributed by atoms with van der Waals surface area (Å²) < 4.78 is 0. The van der Waals surface area contributed by atoms with E-state index in [9.17, 15) is 4.79 Å². The first-order valence-electron chi connectivity index (χ1n) is 8.14. The molecule has 1 amide bonds. The summed E-state index contributed by atoms with van der Waals surface area (Å²) in [6, 6.07) is 23.7. The van der Waals surface area contributed by atoms with E-state index in [0.29, 0.717) is 5.82 Å². The van der Waals surface area contributed by atoms with Crippen LogP contribution in [-0.4, -0.2) is 10.9 Å². The van der Waals surface area contributed by atoms with Gasteiger partial charge in [-0.25, -0.2) is 4.98 Å². The normalized spacial score (nSPS) is 11.8. The summed E-state index contributed by atoms with van der Waals surface area (Å²) in [4.78, 5) is 18.4. The van der Waals surface area contributed by atoms with Gasteiger partial charge in [-0.3, -0.25) is 4.79 Å². The van der Waals surface area contributed by atoms with E-state index in [0.717, 1.165) is 21.7 Å². The van der Waals surface area contributed by atoms with E-state index in [1.807, 2.05) is 86.6 Å². The van der Waals surface area contributed by atoms with Gasteiger partial charge in [-0.2, -0.15) is 0 Å². The van der Waals surface area contributed by atoms with E-state index in [-0.39, 0.29) is 11.2 Å². The largest absolute Gasteiger partial charge is 0.309 e. The predicted molar refractivity (Wildman–Crippen MR) is 104 cm³/mol. The Kier molecular flexibility index (Phi) is 5.51. The van der Waals surface area contributed by atoms with Gasteiger partial charge in [0.25, 0.3) is 0 Å². The Labute approximate surface area is 152 Å². The summed E-state index contributed by atoms with van der Waals surface area (Å²) in [5.74, 6) is 0.523. The standard InChI is InChI=1S/C21H20N2OS/c1-15-13-16(2)22-19(14-15)23-21(24)20(17-9-5-3-6-10-17)25-18-11-7-4-8-12-18/h3-14,20H,1-2H3,(H,22,23,24). The van der Waals surface area contributed by atoms with Crippen molar-refractivity contribution in [2.24, 2.45) is 0 Å². The molecule has 1 aromatic heterocycles. The minimum absolute atomic E-state index is 0.0717. The van der Waals surface area contributed by atoms with Crippen molar-refractivity contribution in [1.29, 1.82) is 0 Å². The highest BCUT2D eigenvalue weighted by molar-refractivity contribution is 8.00. The average Bonchev–Trinajstić information content (AvgIpc) is 2.60. The van der Waals surface area contributed by atoms with Gasteiger partial charge >= 0.3 is 0 Å². The highest BCUT2D eigenvalue weighted by Gasteiger charge is 2.22. The van der Waals surface area contributed by atoms with Crippen LogP contribution in [0.25, 0.3) is 0 Å². The lowest BCUT2D eigenvalue weighted by atomic mass is 10.1. The Morgan fingerprint density at radius 3 is 2.24 bits per heavy atom. The van der Waals surface area contributed by atoms with Crippen LogP contribution in [0.4, 0.5) is 5.82 Å². The predicted octanol–water partition coefficient (Wildman–Crippen LogP) is 5.17.